The summed E-state index contributed by atoms with van der Waals surface area (Å²) in [6.45, 7) is 4.98. The minimum absolute atomic E-state index is 0.152. The number of carbonyl (C=O) groups excluding carboxylic acids is 1. The topological polar surface area (TPSA) is 38.3 Å². The molecule has 1 aliphatic rings. The van der Waals surface area contributed by atoms with Crippen molar-refractivity contribution in [2.45, 2.75) is 39.2 Å². The van der Waals surface area contributed by atoms with E-state index in [0.717, 1.165) is 19.4 Å². The van der Waals surface area contributed by atoms with E-state index in [1.165, 1.54) is 13.5 Å². The lowest BCUT2D eigenvalue weighted by Gasteiger charge is -2.24. The molecule has 3 nitrogen and oxygen atoms in total. The zero-order valence-electron chi connectivity index (χ0n) is 10.5. The van der Waals surface area contributed by atoms with Crippen molar-refractivity contribution in [1.29, 1.82) is 0 Å². The number of carbonyl (C=O) groups is 1. The first-order chi connectivity index (χ1) is 7.65. The molecule has 0 aliphatic heterocycles. The van der Waals surface area contributed by atoms with Crippen LogP contribution in [0.2, 0.25) is 0 Å². The summed E-state index contributed by atoms with van der Waals surface area (Å²) in [5.74, 6) is 0.781. The minimum atomic E-state index is -0.170. The Hall–Kier alpha value is -0.830. The molecule has 0 saturated heterocycles. The van der Waals surface area contributed by atoms with Crippen molar-refractivity contribution in [2.75, 3.05) is 13.7 Å². The lowest BCUT2D eigenvalue weighted by Crippen LogP contribution is -2.43. The molecule has 2 atom stereocenters. The summed E-state index contributed by atoms with van der Waals surface area (Å²) >= 11 is 0. The Labute approximate surface area is 98.2 Å². The fourth-order valence-electron chi connectivity index (χ4n) is 2.05. The molecule has 1 rings (SSSR count). The van der Waals surface area contributed by atoms with Gasteiger partial charge in [0.15, 0.2) is 0 Å². The molecule has 0 aromatic heterocycles. The standard InChI is InChI=1S/C13H23NO2/c1-10(2)12(13(15)16-3)14-9-11-7-5-4-6-8-11/h4-5,10-12,14H,6-9H2,1-3H3/t11?,12-/m0/s1. The third kappa shape index (κ3) is 3.97. The van der Waals surface area contributed by atoms with E-state index >= 15 is 0 Å². The first-order valence-corrected chi connectivity index (χ1v) is 6.11. The molecule has 0 radical (unpaired) electrons. The Morgan fingerprint density at radius 3 is 2.75 bits per heavy atom. The van der Waals surface area contributed by atoms with Crippen LogP contribution in [0, 0.1) is 11.8 Å². The van der Waals surface area contributed by atoms with E-state index in [9.17, 15) is 4.79 Å². The number of ether oxygens (including phenoxy) is 1. The van der Waals surface area contributed by atoms with Crippen molar-refractivity contribution < 1.29 is 9.53 Å². The number of rotatable bonds is 5. The first-order valence-electron chi connectivity index (χ1n) is 6.11. The van der Waals surface area contributed by atoms with Gasteiger partial charge in [-0.15, -0.1) is 0 Å². The van der Waals surface area contributed by atoms with Gasteiger partial charge in [0, 0.05) is 0 Å². The Kier molecular flexibility index (Phi) is 5.53. The largest absolute Gasteiger partial charge is 0.468 e. The third-order valence-corrected chi connectivity index (χ3v) is 3.13. The highest BCUT2D eigenvalue weighted by atomic mass is 16.5. The van der Waals surface area contributed by atoms with Crippen LogP contribution in [0.5, 0.6) is 0 Å². The maximum atomic E-state index is 11.5. The van der Waals surface area contributed by atoms with Gasteiger partial charge in [-0.2, -0.15) is 0 Å². The van der Waals surface area contributed by atoms with Crippen LogP contribution in [-0.2, 0) is 9.53 Å². The van der Waals surface area contributed by atoms with Crippen molar-refractivity contribution in [3.63, 3.8) is 0 Å². The second-order valence-corrected chi connectivity index (χ2v) is 4.80. The monoisotopic (exact) mass is 225 g/mol. The van der Waals surface area contributed by atoms with Gasteiger partial charge in [-0.3, -0.25) is 4.79 Å². The SMILES string of the molecule is COC(=O)[C@@H](NCC1CC=CCC1)C(C)C. The summed E-state index contributed by atoms with van der Waals surface area (Å²) in [5, 5.41) is 3.33. The first kappa shape index (κ1) is 13.2. The summed E-state index contributed by atoms with van der Waals surface area (Å²) in [4.78, 5) is 11.5. The Morgan fingerprint density at radius 2 is 2.25 bits per heavy atom. The Bertz CT molecular complexity index is 248. The molecule has 0 amide bonds. The molecule has 0 bridgehead atoms. The molecule has 0 spiro atoms. The zero-order valence-corrected chi connectivity index (χ0v) is 10.5. The summed E-state index contributed by atoms with van der Waals surface area (Å²) in [6, 6.07) is -0.170. The second kappa shape index (κ2) is 6.69. The van der Waals surface area contributed by atoms with Gasteiger partial charge in [-0.25, -0.2) is 0 Å². The summed E-state index contributed by atoms with van der Waals surface area (Å²) in [5.41, 5.74) is 0. The summed E-state index contributed by atoms with van der Waals surface area (Å²) in [7, 11) is 1.45. The van der Waals surface area contributed by atoms with E-state index < -0.39 is 0 Å². The van der Waals surface area contributed by atoms with Crippen molar-refractivity contribution in [3.8, 4) is 0 Å². The number of methoxy groups -OCH3 is 1. The van der Waals surface area contributed by atoms with Gasteiger partial charge in [0.05, 0.1) is 7.11 Å². The molecule has 92 valence electrons. The van der Waals surface area contributed by atoms with Crippen molar-refractivity contribution >= 4 is 5.97 Å². The zero-order chi connectivity index (χ0) is 12.0. The van der Waals surface area contributed by atoms with Gasteiger partial charge >= 0.3 is 5.97 Å². The minimum Gasteiger partial charge on any atom is -0.468 e. The highest BCUT2D eigenvalue weighted by molar-refractivity contribution is 5.75. The number of nitrogens with one attached hydrogen (secondary N) is 1. The van der Waals surface area contributed by atoms with Crippen LogP contribution < -0.4 is 5.32 Å². The molecule has 0 heterocycles. The van der Waals surface area contributed by atoms with Crippen LogP contribution >= 0.6 is 0 Å². The van der Waals surface area contributed by atoms with Gasteiger partial charge in [0.2, 0.25) is 0 Å². The van der Waals surface area contributed by atoms with Crippen LogP contribution in [0.3, 0.4) is 0 Å². The lowest BCUT2D eigenvalue weighted by atomic mass is 9.93. The van der Waals surface area contributed by atoms with Crippen LogP contribution in [0.25, 0.3) is 0 Å². The van der Waals surface area contributed by atoms with E-state index in [1.807, 2.05) is 13.8 Å². The van der Waals surface area contributed by atoms with E-state index in [0.29, 0.717) is 5.92 Å². The van der Waals surface area contributed by atoms with E-state index in [1.54, 1.807) is 0 Å². The summed E-state index contributed by atoms with van der Waals surface area (Å²) < 4.78 is 4.80. The number of allylic oxidation sites excluding steroid dienone is 2. The molecule has 0 fully saturated rings. The molecule has 0 aromatic carbocycles. The van der Waals surface area contributed by atoms with Crippen LogP contribution in [0.1, 0.15) is 33.1 Å². The van der Waals surface area contributed by atoms with E-state index in [2.05, 4.69) is 17.5 Å². The van der Waals surface area contributed by atoms with Crippen LogP contribution in [0.15, 0.2) is 12.2 Å². The highest BCUT2D eigenvalue weighted by Gasteiger charge is 2.23. The molecule has 1 aliphatic carbocycles. The quantitative estimate of drug-likeness (QED) is 0.575. The number of esters is 1. The van der Waals surface area contributed by atoms with Crippen LogP contribution in [-0.4, -0.2) is 25.7 Å². The molecule has 16 heavy (non-hydrogen) atoms. The predicted octanol–water partition coefficient (Wildman–Crippen LogP) is 2.13. The Balaban J connectivity index is 2.37. The molecule has 3 heteroatoms. The maximum absolute atomic E-state index is 11.5. The molecular weight excluding hydrogens is 202 g/mol. The van der Waals surface area contributed by atoms with Crippen molar-refractivity contribution in [1.82, 2.24) is 5.32 Å². The number of hydrogen-bond acceptors (Lipinski definition) is 3. The molecule has 1 N–H and O–H groups in total. The Morgan fingerprint density at radius 1 is 1.50 bits per heavy atom. The van der Waals surface area contributed by atoms with Gasteiger partial charge in [-0.05, 0) is 37.6 Å². The highest BCUT2D eigenvalue weighted by Crippen LogP contribution is 2.17. The average Bonchev–Trinajstić information content (AvgIpc) is 2.30. The molecule has 0 saturated carbocycles. The van der Waals surface area contributed by atoms with Gasteiger partial charge < -0.3 is 10.1 Å². The van der Waals surface area contributed by atoms with Gasteiger partial charge in [0.1, 0.15) is 6.04 Å². The van der Waals surface area contributed by atoms with Crippen molar-refractivity contribution in [2.24, 2.45) is 11.8 Å². The second-order valence-electron chi connectivity index (χ2n) is 4.80. The van der Waals surface area contributed by atoms with Crippen molar-refractivity contribution in [3.05, 3.63) is 12.2 Å². The summed E-state index contributed by atoms with van der Waals surface area (Å²) in [6.07, 6.45) is 7.97. The predicted molar refractivity (Wildman–Crippen MR) is 65.1 cm³/mol. The molecule has 1 unspecified atom stereocenters. The lowest BCUT2D eigenvalue weighted by molar-refractivity contribution is -0.144. The molecular formula is C13H23NO2. The van der Waals surface area contributed by atoms with E-state index in [-0.39, 0.29) is 17.9 Å². The normalized spacial score (nSPS) is 22.1. The van der Waals surface area contributed by atoms with Crippen LogP contribution in [0.4, 0.5) is 0 Å². The maximum Gasteiger partial charge on any atom is 0.323 e. The van der Waals surface area contributed by atoms with E-state index in [4.69, 9.17) is 4.74 Å². The third-order valence-electron chi connectivity index (χ3n) is 3.13. The fraction of sp³-hybridized carbons (Fsp3) is 0.769. The number of hydrogen-bond donors (Lipinski definition) is 1. The van der Waals surface area contributed by atoms with Gasteiger partial charge in [0.25, 0.3) is 0 Å². The van der Waals surface area contributed by atoms with Gasteiger partial charge in [-0.1, -0.05) is 26.0 Å². The fourth-order valence-corrected chi connectivity index (χ4v) is 2.05. The molecule has 0 aromatic rings. The smallest absolute Gasteiger partial charge is 0.323 e. The average molecular weight is 225 g/mol.